The van der Waals surface area contributed by atoms with Crippen molar-refractivity contribution in [3.05, 3.63) is 33.8 Å². The molecule has 28 heavy (non-hydrogen) atoms. The van der Waals surface area contributed by atoms with Crippen LogP contribution in [0.1, 0.15) is 23.2 Å². The number of aromatic nitrogens is 1. The molecule has 7 nitrogen and oxygen atoms in total. The number of guanidine groups is 1. The van der Waals surface area contributed by atoms with Gasteiger partial charge in [0.15, 0.2) is 17.5 Å². The normalized spacial score (nSPS) is 10.9. The molecule has 156 valence electrons. The molecule has 1 aromatic carbocycles. The number of aliphatic imine (C=N–C) groups is 1. The first kappa shape index (κ1) is 24.3. The SMILES string of the molecule is CCOc1c(OC)cc(CNC(=NC)N(C)Cc2csc(C)n2)cc1OC.I. The predicted molar refractivity (Wildman–Crippen MR) is 125 cm³/mol. The van der Waals surface area contributed by atoms with Crippen molar-refractivity contribution in [1.29, 1.82) is 0 Å². The van der Waals surface area contributed by atoms with Crippen molar-refractivity contribution < 1.29 is 14.2 Å². The first-order valence-corrected chi connectivity index (χ1v) is 9.60. The van der Waals surface area contributed by atoms with E-state index in [1.165, 1.54) is 0 Å². The van der Waals surface area contributed by atoms with Crippen molar-refractivity contribution in [3.63, 3.8) is 0 Å². The molecular weight excluding hydrogens is 491 g/mol. The fourth-order valence-corrected chi connectivity index (χ4v) is 3.29. The van der Waals surface area contributed by atoms with E-state index >= 15 is 0 Å². The van der Waals surface area contributed by atoms with Crippen molar-refractivity contribution in [2.45, 2.75) is 26.9 Å². The largest absolute Gasteiger partial charge is 0.493 e. The van der Waals surface area contributed by atoms with Gasteiger partial charge in [0.2, 0.25) is 5.75 Å². The molecule has 0 atom stereocenters. The van der Waals surface area contributed by atoms with Gasteiger partial charge in [0, 0.05) is 26.0 Å². The van der Waals surface area contributed by atoms with E-state index in [-0.39, 0.29) is 24.0 Å². The number of halogens is 1. The molecule has 1 aromatic heterocycles. The summed E-state index contributed by atoms with van der Waals surface area (Å²) in [6.07, 6.45) is 0. The summed E-state index contributed by atoms with van der Waals surface area (Å²) in [7, 11) is 7.00. The highest BCUT2D eigenvalue weighted by Crippen LogP contribution is 2.38. The highest BCUT2D eigenvalue weighted by Gasteiger charge is 2.15. The van der Waals surface area contributed by atoms with Crippen molar-refractivity contribution in [2.75, 3.05) is 34.9 Å². The predicted octanol–water partition coefficient (Wildman–Crippen LogP) is 3.69. The van der Waals surface area contributed by atoms with Gasteiger partial charge < -0.3 is 24.4 Å². The smallest absolute Gasteiger partial charge is 0.203 e. The molecule has 0 spiro atoms. The zero-order valence-electron chi connectivity index (χ0n) is 17.2. The van der Waals surface area contributed by atoms with E-state index in [4.69, 9.17) is 14.2 Å². The maximum absolute atomic E-state index is 5.65. The Bertz CT molecular complexity index is 757. The number of rotatable bonds is 8. The number of hydrogen-bond donors (Lipinski definition) is 1. The van der Waals surface area contributed by atoms with Gasteiger partial charge in [-0.3, -0.25) is 4.99 Å². The number of nitrogens with zero attached hydrogens (tertiary/aromatic N) is 3. The first-order chi connectivity index (χ1) is 13.0. The van der Waals surface area contributed by atoms with E-state index in [1.807, 2.05) is 37.9 Å². The quantitative estimate of drug-likeness (QED) is 0.326. The van der Waals surface area contributed by atoms with Crippen LogP contribution in [0.3, 0.4) is 0 Å². The second-order valence-corrected chi connectivity index (χ2v) is 6.94. The monoisotopic (exact) mass is 520 g/mol. The lowest BCUT2D eigenvalue weighted by atomic mass is 10.1. The molecule has 1 heterocycles. The van der Waals surface area contributed by atoms with E-state index in [0.717, 1.165) is 22.2 Å². The summed E-state index contributed by atoms with van der Waals surface area (Å²) in [4.78, 5) is 10.9. The van der Waals surface area contributed by atoms with E-state index in [9.17, 15) is 0 Å². The summed E-state index contributed by atoms with van der Waals surface area (Å²) in [6.45, 7) is 5.75. The fraction of sp³-hybridized carbons (Fsp3) is 0.474. The Labute approximate surface area is 188 Å². The van der Waals surface area contributed by atoms with Crippen molar-refractivity contribution in [3.8, 4) is 17.2 Å². The molecule has 1 N–H and O–H groups in total. The third-order valence-electron chi connectivity index (χ3n) is 3.90. The average Bonchev–Trinajstić information content (AvgIpc) is 3.07. The number of methoxy groups -OCH3 is 2. The lowest BCUT2D eigenvalue weighted by Gasteiger charge is -2.22. The van der Waals surface area contributed by atoms with Crippen LogP contribution in [-0.2, 0) is 13.1 Å². The average molecular weight is 520 g/mol. The Hall–Kier alpha value is -1.75. The summed E-state index contributed by atoms with van der Waals surface area (Å²) < 4.78 is 16.6. The van der Waals surface area contributed by atoms with Gasteiger partial charge in [0.25, 0.3) is 0 Å². The van der Waals surface area contributed by atoms with Crippen LogP contribution in [0.5, 0.6) is 17.2 Å². The first-order valence-electron chi connectivity index (χ1n) is 8.72. The maximum atomic E-state index is 5.65. The minimum atomic E-state index is 0. The highest BCUT2D eigenvalue weighted by molar-refractivity contribution is 14.0. The zero-order chi connectivity index (χ0) is 19.8. The van der Waals surface area contributed by atoms with Gasteiger partial charge in [0.1, 0.15) is 0 Å². The molecule has 0 saturated heterocycles. The molecule has 2 rings (SSSR count). The number of aryl methyl sites for hydroxylation is 1. The second kappa shape index (κ2) is 11.9. The van der Waals surface area contributed by atoms with Gasteiger partial charge in [-0.2, -0.15) is 0 Å². The van der Waals surface area contributed by atoms with Crippen LogP contribution in [0.2, 0.25) is 0 Å². The van der Waals surface area contributed by atoms with Crippen molar-refractivity contribution >= 4 is 41.3 Å². The van der Waals surface area contributed by atoms with Gasteiger partial charge >= 0.3 is 0 Å². The second-order valence-electron chi connectivity index (χ2n) is 5.88. The van der Waals surface area contributed by atoms with Crippen LogP contribution in [0.4, 0.5) is 0 Å². The minimum Gasteiger partial charge on any atom is -0.493 e. The topological polar surface area (TPSA) is 68.2 Å². The Morgan fingerprint density at radius 2 is 1.89 bits per heavy atom. The van der Waals surface area contributed by atoms with Gasteiger partial charge in [-0.1, -0.05) is 0 Å². The van der Waals surface area contributed by atoms with E-state index in [0.29, 0.717) is 36.9 Å². The van der Waals surface area contributed by atoms with Crippen molar-refractivity contribution in [2.24, 2.45) is 4.99 Å². The summed E-state index contributed by atoms with van der Waals surface area (Å²) >= 11 is 1.65. The third-order valence-corrected chi connectivity index (χ3v) is 4.72. The highest BCUT2D eigenvalue weighted by atomic mass is 127. The van der Waals surface area contributed by atoms with Crippen LogP contribution >= 0.6 is 35.3 Å². The lowest BCUT2D eigenvalue weighted by Crippen LogP contribution is -2.38. The molecule has 9 heteroatoms. The van der Waals surface area contributed by atoms with Crippen LogP contribution in [0.15, 0.2) is 22.5 Å². The molecule has 0 aliphatic heterocycles. The Morgan fingerprint density at radius 3 is 2.36 bits per heavy atom. The van der Waals surface area contributed by atoms with Crippen molar-refractivity contribution in [1.82, 2.24) is 15.2 Å². The standard InChI is InChI=1S/C19H28N4O3S.HI/c1-7-26-18-16(24-5)8-14(9-17(18)25-6)10-21-19(20-3)23(4)11-15-12-27-13(2)22-15;/h8-9,12H,7,10-11H2,1-6H3,(H,20,21);1H. The molecule has 0 unspecified atom stereocenters. The number of thiazole rings is 1. The lowest BCUT2D eigenvalue weighted by molar-refractivity contribution is 0.288. The fourth-order valence-electron chi connectivity index (χ4n) is 2.69. The Balaban J connectivity index is 0.00000392. The van der Waals surface area contributed by atoms with Crippen LogP contribution in [0.25, 0.3) is 0 Å². The summed E-state index contributed by atoms with van der Waals surface area (Å²) in [5, 5.41) is 6.50. The molecule has 0 amide bonds. The van der Waals surface area contributed by atoms with Gasteiger partial charge in [-0.05, 0) is 31.5 Å². The zero-order valence-corrected chi connectivity index (χ0v) is 20.4. The molecule has 0 saturated carbocycles. The molecule has 0 bridgehead atoms. The molecule has 0 radical (unpaired) electrons. The summed E-state index contributed by atoms with van der Waals surface area (Å²) in [5.41, 5.74) is 2.04. The molecule has 0 aliphatic carbocycles. The maximum Gasteiger partial charge on any atom is 0.203 e. The Kier molecular flexibility index (Phi) is 10.4. The molecule has 0 fully saturated rings. The number of nitrogens with one attached hydrogen (secondary N) is 1. The van der Waals surface area contributed by atoms with E-state index < -0.39 is 0 Å². The number of benzene rings is 1. The van der Waals surface area contributed by atoms with Crippen LogP contribution < -0.4 is 19.5 Å². The number of ether oxygens (including phenoxy) is 3. The van der Waals surface area contributed by atoms with Gasteiger partial charge in [-0.15, -0.1) is 35.3 Å². The minimum absolute atomic E-state index is 0. The van der Waals surface area contributed by atoms with Crippen LogP contribution in [0, 0.1) is 6.92 Å². The Morgan fingerprint density at radius 1 is 1.25 bits per heavy atom. The van der Waals surface area contributed by atoms with E-state index in [1.54, 1.807) is 32.6 Å². The summed E-state index contributed by atoms with van der Waals surface area (Å²) in [6, 6.07) is 3.88. The van der Waals surface area contributed by atoms with Crippen LogP contribution in [-0.4, -0.2) is 50.8 Å². The van der Waals surface area contributed by atoms with E-state index in [2.05, 4.69) is 20.7 Å². The third kappa shape index (κ3) is 6.40. The molecular formula is C19H29IN4O3S. The molecule has 0 aliphatic rings. The molecule has 2 aromatic rings. The summed E-state index contributed by atoms with van der Waals surface area (Å²) in [5.74, 6) is 2.70. The van der Waals surface area contributed by atoms with Gasteiger partial charge in [0.05, 0.1) is 38.1 Å². The number of hydrogen-bond acceptors (Lipinski definition) is 6. The van der Waals surface area contributed by atoms with Gasteiger partial charge in [-0.25, -0.2) is 4.98 Å².